The van der Waals surface area contributed by atoms with Gasteiger partial charge in [0.2, 0.25) is 11.8 Å². The van der Waals surface area contributed by atoms with E-state index in [0.29, 0.717) is 23.7 Å². The van der Waals surface area contributed by atoms with E-state index in [2.05, 4.69) is 15.5 Å². The van der Waals surface area contributed by atoms with Gasteiger partial charge >= 0.3 is 6.01 Å². The topological polar surface area (TPSA) is 97.6 Å². The summed E-state index contributed by atoms with van der Waals surface area (Å²) in [5.74, 6) is 0.120. The molecule has 148 valence electrons. The van der Waals surface area contributed by atoms with Gasteiger partial charge < -0.3 is 14.1 Å². The van der Waals surface area contributed by atoms with E-state index in [1.54, 1.807) is 29.2 Å². The average molecular weight is 392 g/mol. The van der Waals surface area contributed by atoms with Crippen LogP contribution in [-0.4, -0.2) is 35.7 Å². The van der Waals surface area contributed by atoms with Crippen LogP contribution in [0.25, 0.3) is 0 Å². The van der Waals surface area contributed by atoms with Crippen LogP contribution in [0.3, 0.4) is 0 Å². The second kappa shape index (κ2) is 7.75. The first kappa shape index (κ1) is 18.7. The highest BCUT2D eigenvalue weighted by atomic mass is 16.5. The Morgan fingerprint density at radius 3 is 2.69 bits per heavy atom. The maximum absolute atomic E-state index is 12.5. The van der Waals surface area contributed by atoms with E-state index in [9.17, 15) is 9.59 Å². The largest absolute Gasteiger partial charge is 0.496 e. The lowest BCUT2D eigenvalue weighted by Gasteiger charge is -2.16. The van der Waals surface area contributed by atoms with Crippen LogP contribution in [0.4, 0.5) is 11.7 Å². The molecule has 4 rings (SSSR count). The molecule has 0 unspecified atom stereocenters. The molecule has 0 spiro atoms. The third kappa shape index (κ3) is 3.82. The second-order valence-corrected chi connectivity index (χ2v) is 6.84. The summed E-state index contributed by atoms with van der Waals surface area (Å²) in [6.07, 6.45) is 0.274. The summed E-state index contributed by atoms with van der Waals surface area (Å²) < 4.78 is 10.8. The normalized spacial score (nSPS) is 16.1. The van der Waals surface area contributed by atoms with Crippen molar-refractivity contribution in [1.82, 2.24) is 10.2 Å². The molecule has 0 radical (unpaired) electrons. The number of rotatable bonds is 5. The van der Waals surface area contributed by atoms with E-state index in [1.165, 1.54) is 7.11 Å². The summed E-state index contributed by atoms with van der Waals surface area (Å²) >= 11 is 0. The number of aryl methyl sites for hydroxylation is 1. The number of benzene rings is 2. The first-order valence-electron chi connectivity index (χ1n) is 9.20. The number of para-hydroxylation sites is 1. The molecule has 0 bridgehead atoms. The highest BCUT2D eigenvalue weighted by molar-refractivity contribution is 6.05. The van der Waals surface area contributed by atoms with Crippen LogP contribution in [0.5, 0.6) is 5.75 Å². The summed E-state index contributed by atoms with van der Waals surface area (Å²) in [6.45, 7) is 2.45. The second-order valence-electron chi connectivity index (χ2n) is 6.84. The fraction of sp³-hybridized carbons (Fsp3) is 0.238. The van der Waals surface area contributed by atoms with Gasteiger partial charge in [-0.15, -0.1) is 5.10 Å². The van der Waals surface area contributed by atoms with E-state index in [4.69, 9.17) is 9.15 Å². The molecule has 1 aliphatic heterocycles. The molecule has 1 aromatic heterocycles. The van der Waals surface area contributed by atoms with Gasteiger partial charge in [0.25, 0.3) is 5.91 Å². The third-order valence-corrected chi connectivity index (χ3v) is 4.83. The van der Waals surface area contributed by atoms with E-state index in [1.807, 2.05) is 31.2 Å². The maximum atomic E-state index is 12.5. The number of aromatic nitrogens is 2. The van der Waals surface area contributed by atoms with Gasteiger partial charge in [-0.3, -0.25) is 14.9 Å². The van der Waals surface area contributed by atoms with Gasteiger partial charge in [0.1, 0.15) is 5.75 Å². The quantitative estimate of drug-likeness (QED) is 0.716. The number of methoxy groups -OCH3 is 1. The van der Waals surface area contributed by atoms with Gasteiger partial charge in [0.05, 0.1) is 18.6 Å². The van der Waals surface area contributed by atoms with Crippen molar-refractivity contribution in [1.29, 1.82) is 0 Å². The standard InChI is InChI=1S/C21H20N4O4/c1-13-7-9-15(10-8-13)25-12-14(11-18(25)26)20-23-24-21(29-20)22-19(27)16-5-3-4-6-17(16)28-2/h3-10,14H,11-12H2,1-2H3,(H,22,24,27)/t14-/m0/s1. The van der Waals surface area contributed by atoms with Gasteiger partial charge in [0, 0.05) is 18.7 Å². The molecule has 1 saturated heterocycles. The zero-order valence-corrected chi connectivity index (χ0v) is 16.1. The highest BCUT2D eigenvalue weighted by Crippen LogP contribution is 2.32. The first-order chi connectivity index (χ1) is 14.0. The van der Waals surface area contributed by atoms with Crippen molar-refractivity contribution in [2.24, 2.45) is 0 Å². The Hall–Kier alpha value is -3.68. The highest BCUT2D eigenvalue weighted by Gasteiger charge is 2.35. The third-order valence-electron chi connectivity index (χ3n) is 4.83. The lowest BCUT2D eigenvalue weighted by atomic mass is 10.1. The lowest BCUT2D eigenvalue weighted by molar-refractivity contribution is -0.117. The summed E-state index contributed by atoms with van der Waals surface area (Å²) in [5, 5.41) is 10.5. The Morgan fingerprint density at radius 2 is 1.93 bits per heavy atom. The van der Waals surface area contributed by atoms with Gasteiger partial charge in [-0.05, 0) is 31.2 Å². The Bertz CT molecular complexity index is 1040. The number of carbonyl (C=O) groups excluding carboxylic acids is 2. The molecule has 3 aromatic rings. The number of amides is 2. The smallest absolute Gasteiger partial charge is 0.322 e. The van der Waals surface area contributed by atoms with Gasteiger partial charge in [0.15, 0.2) is 0 Å². The number of hydrogen-bond acceptors (Lipinski definition) is 6. The molecule has 1 aliphatic rings. The molecule has 2 amide bonds. The number of hydrogen-bond donors (Lipinski definition) is 1. The van der Waals surface area contributed by atoms with Crippen molar-refractivity contribution >= 4 is 23.5 Å². The van der Waals surface area contributed by atoms with Crippen LogP contribution in [0.2, 0.25) is 0 Å². The van der Waals surface area contributed by atoms with Crippen LogP contribution in [0.15, 0.2) is 52.9 Å². The Morgan fingerprint density at radius 1 is 1.17 bits per heavy atom. The molecule has 1 N–H and O–H groups in total. The number of nitrogens with one attached hydrogen (secondary N) is 1. The molecular formula is C21H20N4O4. The predicted molar refractivity (Wildman–Crippen MR) is 106 cm³/mol. The van der Waals surface area contributed by atoms with Crippen molar-refractivity contribution < 1.29 is 18.7 Å². The minimum Gasteiger partial charge on any atom is -0.496 e. The van der Waals surface area contributed by atoms with Crippen molar-refractivity contribution in [2.45, 2.75) is 19.3 Å². The Kier molecular flexibility index (Phi) is 4.99. The minimum atomic E-state index is -0.415. The SMILES string of the molecule is COc1ccccc1C(=O)Nc1nnc([C@H]2CC(=O)N(c3ccc(C)cc3)C2)o1. The fourth-order valence-corrected chi connectivity index (χ4v) is 3.29. The predicted octanol–water partition coefficient (Wildman–Crippen LogP) is 3.16. The Labute approximate surface area is 167 Å². The number of carbonyl (C=O) groups is 2. The molecule has 8 heteroatoms. The van der Waals surface area contributed by atoms with Gasteiger partial charge in [-0.2, -0.15) is 0 Å². The summed E-state index contributed by atoms with van der Waals surface area (Å²) in [6, 6.07) is 14.6. The van der Waals surface area contributed by atoms with Crippen LogP contribution in [-0.2, 0) is 4.79 Å². The van der Waals surface area contributed by atoms with Crippen LogP contribution < -0.4 is 15.0 Å². The van der Waals surface area contributed by atoms with E-state index >= 15 is 0 Å². The fourth-order valence-electron chi connectivity index (χ4n) is 3.29. The molecule has 0 aliphatic carbocycles. The number of nitrogens with zero attached hydrogens (tertiary/aromatic N) is 3. The lowest BCUT2D eigenvalue weighted by Crippen LogP contribution is -2.24. The summed E-state index contributed by atoms with van der Waals surface area (Å²) in [5.41, 5.74) is 2.33. The Balaban J connectivity index is 1.46. The molecule has 1 fully saturated rings. The molecule has 0 saturated carbocycles. The maximum Gasteiger partial charge on any atom is 0.322 e. The summed E-state index contributed by atoms with van der Waals surface area (Å²) in [4.78, 5) is 26.6. The van der Waals surface area contributed by atoms with Crippen molar-refractivity contribution in [3.05, 3.63) is 65.5 Å². The molecule has 2 aromatic carbocycles. The molecule has 2 heterocycles. The van der Waals surface area contributed by atoms with Gasteiger partial charge in [-0.25, -0.2) is 0 Å². The zero-order chi connectivity index (χ0) is 20.4. The number of ether oxygens (including phenoxy) is 1. The van der Waals surface area contributed by atoms with Crippen molar-refractivity contribution in [3.63, 3.8) is 0 Å². The van der Waals surface area contributed by atoms with Crippen molar-refractivity contribution in [3.8, 4) is 5.75 Å². The van der Waals surface area contributed by atoms with Crippen LogP contribution >= 0.6 is 0 Å². The van der Waals surface area contributed by atoms with Crippen LogP contribution in [0, 0.1) is 6.92 Å². The van der Waals surface area contributed by atoms with Crippen LogP contribution in [0.1, 0.15) is 34.2 Å². The molecule has 8 nitrogen and oxygen atoms in total. The zero-order valence-electron chi connectivity index (χ0n) is 16.1. The molecular weight excluding hydrogens is 372 g/mol. The summed E-state index contributed by atoms with van der Waals surface area (Å²) in [7, 11) is 1.49. The monoisotopic (exact) mass is 392 g/mol. The van der Waals surface area contributed by atoms with E-state index in [-0.39, 0.29) is 24.3 Å². The first-order valence-corrected chi connectivity index (χ1v) is 9.20. The van der Waals surface area contributed by atoms with Gasteiger partial charge in [-0.1, -0.05) is 34.9 Å². The van der Waals surface area contributed by atoms with E-state index < -0.39 is 5.91 Å². The molecule has 1 atom stereocenters. The average Bonchev–Trinajstić information content (AvgIpc) is 3.35. The van der Waals surface area contributed by atoms with Crippen molar-refractivity contribution in [2.75, 3.05) is 23.9 Å². The minimum absolute atomic E-state index is 0.00309. The van der Waals surface area contributed by atoms with E-state index in [0.717, 1.165) is 11.3 Å². The number of anilines is 2. The molecule has 29 heavy (non-hydrogen) atoms.